The van der Waals surface area contributed by atoms with Crippen LogP contribution < -0.4 is 15.2 Å². The van der Waals surface area contributed by atoms with Crippen molar-refractivity contribution in [1.82, 2.24) is 0 Å². The van der Waals surface area contributed by atoms with Gasteiger partial charge in [0.1, 0.15) is 0 Å². The summed E-state index contributed by atoms with van der Waals surface area (Å²) in [7, 11) is 3.24. The number of ether oxygens (including phenoxy) is 2. The molecule has 96 valence electrons. The third kappa shape index (κ3) is 2.85. The number of nitrogens with two attached hydrogens (primary N) is 1. The predicted octanol–water partition coefficient (Wildman–Crippen LogP) is 3.12. The molecule has 0 amide bonds. The maximum absolute atomic E-state index is 6.30. The lowest BCUT2D eigenvalue weighted by molar-refractivity contribution is 0.352. The maximum Gasteiger partial charge on any atom is 0.164 e. The molecule has 0 aliphatic carbocycles. The van der Waals surface area contributed by atoms with E-state index in [0.29, 0.717) is 23.2 Å². The van der Waals surface area contributed by atoms with Crippen LogP contribution in [-0.2, 0) is 0 Å². The molecule has 0 aliphatic heterocycles. The third-order valence-corrected chi connectivity index (χ3v) is 3.31. The summed E-state index contributed by atoms with van der Waals surface area (Å²) >= 11 is 6.30. The van der Waals surface area contributed by atoms with E-state index in [1.807, 2.05) is 6.92 Å². The molecule has 0 radical (unpaired) electrons. The Labute approximate surface area is 108 Å². The average Bonchev–Trinajstić information content (AvgIpc) is 2.28. The fourth-order valence-electron chi connectivity index (χ4n) is 2.15. The Bertz CT molecular complexity index is 393. The van der Waals surface area contributed by atoms with Gasteiger partial charge in [0.2, 0.25) is 0 Å². The quantitative estimate of drug-likeness (QED) is 0.882. The monoisotopic (exact) mass is 257 g/mol. The molecule has 0 aromatic heterocycles. The second-order valence-corrected chi connectivity index (χ2v) is 4.52. The van der Waals surface area contributed by atoms with Crippen molar-refractivity contribution in [2.24, 2.45) is 5.73 Å². The molecule has 0 aliphatic rings. The van der Waals surface area contributed by atoms with Gasteiger partial charge in [-0.25, -0.2) is 0 Å². The predicted molar refractivity (Wildman–Crippen MR) is 71.4 cm³/mol. The van der Waals surface area contributed by atoms with E-state index >= 15 is 0 Å². The van der Waals surface area contributed by atoms with Gasteiger partial charge in [0, 0.05) is 11.1 Å². The van der Waals surface area contributed by atoms with Crippen molar-refractivity contribution in [3.05, 3.63) is 22.2 Å². The van der Waals surface area contributed by atoms with Crippen LogP contribution in [0.5, 0.6) is 11.5 Å². The zero-order valence-corrected chi connectivity index (χ0v) is 11.6. The first kappa shape index (κ1) is 14.1. The standard InChI is InChI=1S/C13H20ClNO2/c1-8(5-6-15)12-9(2)13(17-4)11(16-3)7-10(12)14/h7-8H,5-6,15H2,1-4H3. The molecule has 1 rings (SSSR count). The molecule has 1 atom stereocenters. The second-order valence-electron chi connectivity index (χ2n) is 4.11. The Morgan fingerprint density at radius 3 is 2.47 bits per heavy atom. The van der Waals surface area contributed by atoms with Crippen LogP contribution >= 0.6 is 11.6 Å². The van der Waals surface area contributed by atoms with Crippen LogP contribution in [0.3, 0.4) is 0 Å². The van der Waals surface area contributed by atoms with Crippen LogP contribution in [0, 0.1) is 6.92 Å². The lowest BCUT2D eigenvalue weighted by Crippen LogP contribution is -2.07. The van der Waals surface area contributed by atoms with Gasteiger partial charge in [-0.2, -0.15) is 0 Å². The Morgan fingerprint density at radius 1 is 1.35 bits per heavy atom. The zero-order chi connectivity index (χ0) is 13.0. The van der Waals surface area contributed by atoms with Gasteiger partial charge in [0.15, 0.2) is 11.5 Å². The van der Waals surface area contributed by atoms with Crippen molar-refractivity contribution < 1.29 is 9.47 Å². The molecule has 1 aromatic carbocycles. The van der Waals surface area contributed by atoms with Crippen LogP contribution in [0.2, 0.25) is 5.02 Å². The number of halogens is 1. The molecule has 0 bridgehead atoms. The lowest BCUT2D eigenvalue weighted by atomic mass is 9.92. The highest BCUT2D eigenvalue weighted by Crippen LogP contribution is 2.41. The molecule has 1 unspecified atom stereocenters. The van der Waals surface area contributed by atoms with Gasteiger partial charge in [0.25, 0.3) is 0 Å². The minimum Gasteiger partial charge on any atom is -0.493 e. The van der Waals surface area contributed by atoms with Gasteiger partial charge in [-0.1, -0.05) is 18.5 Å². The first-order chi connectivity index (χ1) is 8.06. The summed E-state index contributed by atoms with van der Waals surface area (Å²) in [5.41, 5.74) is 7.71. The number of rotatable bonds is 5. The van der Waals surface area contributed by atoms with Gasteiger partial charge in [-0.05, 0) is 36.9 Å². The van der Waals surface area contributed by atoms with E-state index in [2.05, 4.69) is 6.92 Å². The molecule has 0 spiro atoms. The first-order valence-corrected chi connectivity index (χ1v) is 6.05. The number of hydrogen-bond donors (Lipinski definition) is 1. The molecule has 1 aromatic rings. The number of hydrogen-bond acceptors (Lipinski definition) is 3. The largest absolute Gasteiger partial charge is 0.493 e. The van der Waals surface area contributed by atoms with Gasteiger partial charge < -0.3 is 15.2 Å². The molecule has 0 saturated carbocycles. The highest BCUT2D eigenvalue weighted by atomic mass is 35.5. The molecule has 0 heterocycles. The van der Waals surface area contributed by atoms with Crippen molar-refractivity contribution in [2.75, 3.05) is 20.8 Å². The van der Waals surface area contributed by atoms with E-state index in [9.17, 15) is 0 Å². The summed E-state index contributed by atoms with van der Waals surface area (Å²) in [5.74, 6) is 1.72. The van der Waals surface area contributed by atoms with Gasteiger partial charge in [-0.15, -0.1) is 0 Å². The van der Waals surface area contributed by atoms with Crippen molar-refractivity contribution in [3.63, 3.8) is 0 Å². The molecule has 0 fully saturated rings. The van der Waals surface area contributed by atoms with Gasteiger partial charge >= 0.3 is 0 Å². The summed E-state index contributed by atoms with van der Waals surface area (Å²) in [6.07, 6.45) is 0.899. The average molecular weight is 258 g/mol. The summed E-state index contributed by atoms with van der Waals surface area (Å²) < 4.78 is 10.6. The molecule has 2 N–H and O–H groups in total. The summed E-state index contributed by atoms with van der Waals surface area (Å²) in [6, 6.07) is 1.80. The van der Waals surface area contributed by atoms with E-state index in [4.69, 9.17) is 26.8 Å². The van der Waals surface area contributed by atoms with E-state index < -0.39 is 0 Å². The van der Waals surface area contributed by atoms with Gasteiger partial charge in [0.05, 0.1) is 14.2 Å². The summed E-state index contributed by atoms with van der Waals surface area (Å²) in [6.45, 7) is 4.76. The SMILES string of the molecule is COc1cc(Cl)c(C(C)CCN)c(C)c1OC. The van der Waals surface area contributed by atoms with Crippen molar-refractivity contribution in [3.8, 4) is 11.5 Å². The van der Waals surface area contributed by atoms with Crippen molar-refractivity contribution in [1.29, 1.82) is 0 Å². The van der Waals surface area contributed by atoms with Crippen LogP contribution in [0.1, 0.15) is 30.4 Å². The Hall–Kier alpha value is -0.930. The molecule has 4 heteroatoms. The third-order valence-electron chi connectivity index (χ3n) is 3.00. The Kier molecular flexibility index (Phi) is 5.09. The normalized spacial score (nSPS) is 12.4. The summed E-state index contributed by atoms with van der Waals surface area (Å²) in [5, 5.41) is 0.709. The fraction of sp³-hybridized carbons (Fsp3) is 0.538. The topological polar surface area (TPSA) is 44.5 Å². The van der Waals surface area contributed by atoms with Crippen LogP contribution in [0.25, 0.3) is 0 Å². The van der Waals surface area contributed by atoms with Crippen LogP contribution in [-0.4, -0.2) is 20.8 Å². The lowest BCUT2D eigenvalue weighted by Gasteiger charge is -2.20. The minimum atomic E-state index is 0.312. The Morgan fingerprint density at radius 2 is 2.00 bits per heavy atom. The van der Waals surface area contributed by atoms with E-state index in [0.717, 1.165) is 23.3 Å². The maximum atomic E-state index is 6.30. The van der Waals surface area contributed by atoms with Crippen LogP contribution in [0.15, 0.2) is 6.07 Å². The van der Waals surface area contributed by atoms with E-state index in [1.54, 1.807) is 20.3 Å². The molecule has 3 nitrogen and oxygen atoms in total. The second kappa shape index (κ2) is 6.12. The molecule has 0 saturated heterocycles. The van der Waals surface area contributed by atoms with E-state index in [1.165, 1.54) is 0 Å². The first-order valence-electron chi connectivity index (χ1n) is 5.67. The molecular formula is C13H20ClNO2. The van der Waals surface area contributed by atoms with Crippen LogP contribution in [0.4, 0.5) is 0 Å². The minimum absolute atomic E-state index is 0.312. The van der Waals surface area contributed by atoms with E-state index in [-0.39, 0.29) is 0 Å². The fourth-order valence-corrected chi connectivity index (χ4v) is 2.58. The highest BCUT2D eigenvalue weighted by Gasteiger charge is 2.19. The van der Waals surface area contributed by atoms with Crippen molar-refractivity contribution >= 4 is 11.6 Å². The highest BCUT2D eigenvalue weighted by molar-refractivity contribution is 6.31. The number of methoxy groups -OCH3 is 2. The molecule has 17 heavy (non-hydrogen) atoms. The van der Waals surface area contributed by atoms with Crippen molar-refractivity contribution in [2.45, 2.75) is 26.2 Å². The Balaban J connectivity index is 3.31. The number of benzene rings is 1. The van der Waals surface area contributed by atoms with Gasteiger partial charge in [-0.3, -0.25) is 0 Å². The smallest absolute Gasteiger partial charge is 0.164 e. The molecular weight excluding hydrogens is 238 g/mol. The zero-order valence-electron chi connectivity index (χ0n) is 10.8. The summed E-state index contributed by atoms with van der Waals surface area (Å²) in [4.78, 5) is 0.